The summed E-state index contributed by atoms with van der Waals surface area (Å²) in [6.07, 6.45) is 0. The van der Waals surface area contributed by atoms with Gasteiger partial charge in [-0.25, -0.2) is 0 Å². The molecule has 0 amide bonds. The number of rotatable bonds is 6. The summed E-state index contributed by atoms with van der Waals surface area (Å²) in [6.45, 7) is 0.972. The van der Waals surface area contributed by atoms with E-state index >= 15 is 0 Å². The van der Waals surface area contributed by atoms with E-state index in [1.165, 1.54) is 31.8 Å². The predicted octanol–water partition coefficient (Wildman–Crippen LogP) is 5.64. The number of hydrogen-bond acceptors (Lipinski definition) is 2. The van der Waals surface area contributed by atoms with Crippen LogP contribution in [0.5, 0.6) is 0 Å². The predicted molar refractivity (Wildman–Crippen MR) is 181 cm³/mol. The maximum absolute atomic E-state index is 8.89. The number of carboxylic acid groups (broad SMARTS) is 1. The molecule has 0 heterocycles. The Bertz CT molecular complexity index is 1280. The van der Waals surface area contributed by atoms with Crippen LogP contribution in [0.2, 0.25) is 0 Å². The Balaban J connectivity index is 0.000000206. The first-order valence-corrected chi connectivity index (χ1v) is 16.4. The second kappa shape index (κ2) is 18.7. The molecular weight excluding hydrogens is 614 g/mol. The molecule has 0 saturated heterocycles. The summed E-state index contributed by atoms with van der Waals surface area (Å²) < 4.78 is 0. The van der Waals surface area contributed by atoms with Crippen molar-refractivity contribution in [2.75, 3.05) is 0 Å². The molecule has 0 unspecified atom stereocenters. The minimum atomic E-state index is -1.08. The van der Waals surface area contributed by atoms with E-state index in [1.807, 2.05) is 0 Å². The van der Waals surface area contributed by atoms with Gasteiger partial charge in [0.05, 0.1) is 0 Å². The molecule has 2 nitrogen and oxygen atoms in total. The van der Waals surface area contributed by atoms with Crippen molar-refractivity contribution in [3.05, 3.63) is 182 Å². The summed E-state index contributed by atoms with van der Waals surface area (Å²) in [5, 5.41) is 17.3. The summed E-state index contributed by atoms with van der Waals surface area (Å²) in [6, 6.07) is 64.7. The van der Waals surface area contributed by atoms with Crippen molar-refractivity contribution in [1.82, 2.24) is 0 Å². The van der Waals surface area contributed by atoms with Crippen LogP contribution in [0, 0.1) is 0 Å². The minimum Gasteiger partial charge on any atom is -0.550 e. The summed E-state index contributed by atoms with van der Waals surface area (Å²) in [5.74, 6) is -1.08. The summed E-state index contributed by atoms with van der Waals surface area (Å²) >= 11 is 0. The van der Waals surface area contributed by atoms with Gasteiger partial charge in [-0.05, 0) is 54.6 Å². The van der Waals surface area contributed by atoms with Crippen LogP contribution in [-0.2, 0) is 21.9 Å². The largest absolute Gasteiger partial charge is 1.00 e. The normalized spacial score (nSPS) is 9.93. The fraction of sp³-hybridized carbons (Fsp3) is 0.0263. The van der Waals surface area contributed by atoms with E-state index in [4.69, 9.17) is 9.90 Å². The first-order chi connectivity index (χ1) is 20.6. The molecule has 6 rings (SSSR count). The van der Waals surface area contributed by atoms with Gasteiger partial charge >= 0.3 is 17.1 Å². The number of benzene rings is 6. The minimum absolute atomic E-state index is 0. The van der Waals surface area contributed by atoms with Gasteiger partial charge in [-0.15, -0.1) is 0 Å². The van der Waals surface area contributed by atoms with Crippen molar-refractivity contribution < 1.29 is 27.0 Å². The summed E-state index contributed by atoms with van der Waals surface area (Å²) in [5.41, 5.74) is 0. The van der Waals surface area contributed by atoms with Crippen LogP contribution in [0.4, 0.5) is 0 Å². The molecule has 0 aliphatic rings. The fourth-order valence-corrected chi connectivity index (χ4v) is 8.97. The van der Waals surface area contributed by atoms with E-state index in [9.17, 15) is 0 Å². The first kappa shape index (κ1) is 33.7. The third kappa shape index (κ3) is 10.7. The Morgan fingerprint density at radius 2 is 0.488 bits per heavy atom. The average Bonchev–Trinajstić information content (AvgIpc) is 3.05. The Morgan fingerprint density at radius 3 is 0.605 bits per heavy atom. The van der Waals surface area contributed by atoms with E-state index in [2.05, 4.69) is 182 Å². The fourth-order valence-electron chi connectivity index (χ4n) is 4.36. The van der Waals surface area contributed by atoms with Crippen molar-refractivity contribution in [2.45, 2.75) is 6.92 Å². The smallest absolute Gasteiger partial charge is 0.550 e. The van der Waals surface area contributed by atoms with Crippen LogP contribution < -0.4 is 36.9 Å². The van der Waals surface area contributed by atoms with Gasteiger partial charge < -0.3 is 9.90 Å². The van der Waals surface area contributed by atoms with Gasteiger partial charge in [0, 0.05) is 5.97 Å². The van der Waals surface area contributed by atoms with E-state index in [-0.39, 0.29) is 17.1 Å². The molecule has 0 N–H and O–H groups in total. The molecule has 0 aliphatic carbocycles. The van der Waals surface area contributed by atoms with Gasteiger partial charge in [-0.3, -0.25) is 0 Å². The van der Waals surface area contributed by atoms with Crippen molar-refractivity contribution in [1.29, 1.82) is 0 Å². The van der Waals surface area contributed by atoms with Crippen molar-refractivity contribution in [2.24, 2.45) is 0 Å². The van der Waals surface area contributed by atoms with Crippen LogP contribution in [0.3, 0.4) is 0 Å². The summed E-state index contributed by atoms with van der Waals surface area (Å²) in [4.78, 5) is 8.89. The maximum atomic E-state index is 8.89. The molecule has 0 saturated carbocycles. The Morgan fingerprint density at radius 1 is 0.372 bits per heavy atom. The second-order valence-electron chi connectivity index (χ2n) is 9.18. The molecule has 5 heteroatoms. The van der Waals surface area contributed by atoms with Gasteiger partial charge in [0.1, 0.15) is 0 Å². The molecule has 43 heavy (non-hydrogen) atoms. The van der Waals surface area contributed by atoms with Crippen LogP contribution in [0.15, 0.2) is 182 Å². The quantitative estimate of drug-likeness (QED) is 0.174. The number of carbonyl (C=O) groups excluding carboxylic acids is 1. The molecule has 0 aliphatic heterocycles. The van der Waals surface area contributed by atoms with Gasteiger partial charge in [-0.2, -0.15) is 0 Å². The second-order valence-corrected chi connectivity index (χ2v) is 13.6. The number of aliphatic carboxylic acids is 1. The monoisotopic (exact) mass is 646 g/mol. The van der Waals surface area contributed by atoms with Gasteiger partial charge in [0.15, 0.2) is 0 Å². The first-order valence-electron chi connectivity index (χ1n) is 13.7. The van der Waals surface area contributed by atoms with E-state index in [1.54, 1.807) is 0 Å². The third-order valence-corrected chi connectivity index (χ3v) is 11.0. The zero-order chi connectivity index (χ0) is 29.4. The van der Waals surface area contributed by atoms with Gasteiger partial charge in [0.25, 0.3) is 0 Å². The van der Waals surface area contributed by atoms with E-state index < -0.39 is 21.8 Å². The van der Waals surface area contributed by atoms with E-state index in [0.717, 1.165) is 6.92 Å². The van der Waals surface area contributed by atoms with E-state index in [0.29, 0.717) is 0 Å². The Kier molecular flexibility index (Phi) is 14.6. The maximum Gasteiger partial charge on any atom is 1.00 e. The van der Waals surface area contributed by atoms with Crippen LogP contribution in [-0.4, -0.2) is 5.97 Å². The molecule has 0 radical (unpaired) electrons. The average molecular weight is 647 g/mol. The standard InChI is InChI=1S/2C18H15P.C2H4O2.Cu/c2*1-4-10-16(11-5-1)19(17-12-6-2-7-13-17)18-14-8-3-9-15-18;1-2(3)4;/h2*1-15H;1H3,(H,3,4);/q;;;+1/p-1. The van der Waals surface area contributed by atoms with Gasteiger partial charge in [-0.1, -0.05) is 182 Å². The van der Waals surface area contributed by atoms with Crippen LogP contribution in [0.25, 0.3) is 0 Å². The molecular formula is C38H33CuO2P2. The van der Waals surface area contributed by atoms with Crippen molar-refractivity contribution in [3.8, 4) is 0 Å². The third-order valence-electron chi connectivity index (χ3n) is 6.09. The number of hydrogen-bond donors (Lipinski definition) is 0. The number of carboxylic acids is 1. The zero-order valence-corrected chi connectivity index (χ0v) is 26.6. The van der Waals surface area contributed by atoms with Crippen LogP contribution in [0.1, 0.15) is 6.92 Å². The Hall–Kier alpha value is -3.83. The van der Waals surface area contributed by atoms with Crippen molar-refractivity contribution in [3.63, 3.8) is 0 Å². The molecule has 0 bridgehead atoms. The van der Waals surface area contributed by atoms with Crippen LogP contribution >= 0.6 is 15.8 Å². The zero-order valence-electron chi connectivity index (χ0n) is 23.8. The molecule has 0 atom stereocenters. The molecule has 6 aromatic carbocycles. The molecule has 0 aromatic heterocycles. The van der Waals surface area contributed by atoms with Crippen molar-refractivity contribution >= 4 is 53.6 Å². The molecule has 6 aromatic rings. The topological polar surface area (TPSA) is 40.1 Å². The summed E-state index contributed by atoms with van der Waals surface area (Å²) in [7, 11) is -0.892. The molecule has 0 fully saturated rings. The molecule has 0 spiro atoms. The van der Waals surface area contributed by atoms with Gasteiger partial charge in [0.2, 0.25) is 0 Å². The number of carbonyl (C=O) groups is 1. The SMILES string of the molecule is CC(=O)[O-].[Cu+].c1ccc(P(c2ccccc2)c2ccccc2)cc1.c1ccc(P(c2ccccc2)c2ccccc2)cc1. The molecule has 218 valence electrons. The Labute approximate surface area is 268 Å².